The molecule has 0 saturated heterocycles. The molecule has 0 spiro atoms. The van der Waals surface area contributed by atoms with Gasteiger partial charge in [-0.1, -0.05) is 11.6 Å². The fraction of sp³-hybridized carbons (Fsp3) is 0.600. The van der Waals surface area contributed by atoms with Crippen LogP contribution in [-0.4, -0.2) is 19.3 Å². The Kier molecular flexibility index (Phi) is 6.16. The van der Waals surface area contributed by atoms with Gasteiger partial charge in [-0.2, -0.15) is 0 Å². The van der Waals surface area contributed by atoms with E-state index in [4.69, 9.17) is 16.3 Å². The average Bonchev–Trinajstić information content (AvgIpc) is 2.52. The Hall–Kier alpha value is 0.390. The summed E-state index contributed by atoms with van der Waals surface area (Å²) in [4.78, 5) is 1.23. The molecule has 1 N–H and O–H groups in total. The first-order chi connectivity index (χ1) is 7.13. The first-order valence-electron chi connectivity index (χ1n) is 4.88. The van der Waals surface area contributed by atoms with Crippen molar-refractivity contribution in [1.82, 2.24) is 5.32 Å². The van der Waals surface area contributed by atoms with E-state index in [1.54, 1.807) is 11.3 Å². The Labute approximate surface area is 108 Å². The van der Waals surface area contributed by atoms with E-state index in [9.17, 15) is 0 Å². The summed E-state index contributed by atoms with van der Waals surface area (Å²) in [6.07, 6.45) is 0. The van der Waals surface area contributed by atoms with Gasteiger partial charge in [-0.25, -0.2) is 0 Å². The minimum atomic E-state index is 0.365. The summed E-state index contributed by atoms with van der Waals surface area (Å²) < 4.78 is 7.10. The molecule has 0 bridgehead atoms. The lowest BCUT2D eigenvalue weighted by molar-refractivity contribution is 0.127. The average molecular weight is 313 g/mol. The van der Waals surface area contributed by atoms with Crippen molar-refractivity contribution >= 4 is 38.9 Å². The van der Waals surface area contributed by atoms with E-state index in [2.05, 4.69) is 28.2 Å². The van der Waals surface area contributed by atoms with Crippen LogP contribution >= 0.6 is 38.9 Å². The zero-order chi connectivity index (χ0) is 11.3. The summed E-state index contributed by atoms with van der Waals surface area (Å²) in [5.74, 6) is 0. The summed E-state index contributed by atoms with van der Waals surface area (Å²) in [5, 5.41) is 3.38. The van der Waals surface area contributed by atoms with Crippen LogP contribution in [0.25, 0.3) is 0 Å². The summed E-state index contributed by atoms with van der Waals surface area (Å²) in [7, 11) is 0. The Balaban J connectivity index is 2.30. The molecule has 0 radical (unpaired) electrons. The van der Waals surface area contributed by atoms with Gasteiger partial charge in [-0.15, -0.1) is 11.3 Å². The van der Waals surface area contributed by atoms with Crippen molar-refractivity contribution < 1.29 is 4.74 Å². The lowest BCUT2D eigenvalue weighted by atomic mass is 10.3. The molecule has 0 aliphatic rings. The van der Waals surface area contributed by atoms with E-state index in [1.165, 1.54) is 4.88 Å². The second-order valence-corrected chi connectivity index (χ2v) is 5.87. The maximum atomic E-state index is 5.95. The fourth-order valence-corrected chi connectivity index (χ4v) is 2.85. The van der Waals surface area contributed by atoms with Crippen LogP contribution in [0.2, 0.25) is 4.34 Å². The van der Waals surface area contributed by atoms with Crippen molar-refractivity contribution in [3.05, 3.63) is 19.8 Å². The van der Waals surface area contributed by atoms with Crippen LogP contribution in [0.5, 0.6) is 0 Å². The summed E-state index contributed by atoms with van der Waals surface area (Å²) in [5.41, 5.74) is 0. The van der Waals surface area contributed by atoms with Gasteiger partial charge in [-0.05, 0) is 35.8 Å². The molecule has 1 aromatic heterocycles. The molecule has 0 saturated carbocycles. The van der Waals surface area contributed by atoms with Crippen molar-refractivity contribution in [2.75, 3.05) is 13.2 Å². The predicted molar refractivity (Wildman–Crippen MR) is 69.8 cm³/mol. The monoisotopic (exact) mass is 311 g/mol. The van der Waals surface area contributed by atoms with Crippen LogP contribution in [0.3, 0.4) is 0 Å². The maximum Gasteiger partial charge on any atom is 0.107 e. The zero-order valence-corrected chi connectivity index (χ0v) is 12.0. The molecule has 15 heavy (non-hydrogen) atoms. The summed E-state index contributed by atoms with van der Waals surface area (Å²) >= 11 is 10.9. The number of nitrogens with one attached hydrogen (secondary N) is 1. The zero-order valence-electron chi connectivity index (χ0n) is 8.85. The third kappa shape index (κ3) is 4.83. The number of rotatable bonds is 6. The van der Waals surface area contributed by atoms with Crippen LogP contribution in [-0.2, 0) is 11.3 Å². The minimum absolute atomic E-state index is 0.365. The second kappa shape index (κ2) is 6.86. The topological polar surface area (TPSA) is 21.3 Å². The van der Waals surface area contributed by atoms with Crippen molar-refractivity contribution in [2.45, 2.75) is 26.4 Å². The number of ether oxygens (including phenoxy) is 1. The highest BCUT2D eigenvalue weighted by Gasteiger charge is 2.06. The second-order valence-electron chi connectivity index (χ2n) is 3.28. The molecule has 2 nitrogen and oxygen atoms in total. The van der Waals surface area contributed by atoms with Gasteiger partial charge in [-0.3, -0.25) is 0 Å². The van der Waals surface area contributed by atoms with Crippen molar-refractivity contribution in [3.8, 4) is 0 Å². The molecule has 0 amide bonds. The third-order valence-electron chi connectivity index (χ3n) is 1.89. The van der Waals surface area contributed by atoms with Crippen LogP contribution < -0.4 is 5.32 Å². The normalized spacial score (nSPS) is 13.1. The summed E-state index contributed by atoms with van der Waals surface area (Å²) in [6.45, 7) is 6.46. The molecule has 0 aliphatic carbocycles. The number of hydrogen-bond donors (Lipinski definition) is 1. The minimum Gasteiger partial charge on any atom is -0.380 e. The molecule has 0 fully saturated rings. The Morgan fingerprint density at radius 2 is 2.40 bits per heavy atom. The highest BCUT2D eigenvalue weighted by molar-refractivity contribution is 9.10. The highest BCUT2D eigenvalue weighted by atomic mass is 79.9. The smallest absolute Gasteiger partial charge is 0.107 e. The molecule has 1 rings (SSSR count). The van der Waals surface area contributed by atoms with Gasteiger partial charge in [0, 0.05) is 28.5 Å². The fourth-order valence-electron chi connectivity index (χ4n) is 1.11. The van der Waals surface area contributed by atoms with E-state index in [0.29, 0.717) is 6.04 Å². The molecule has 1 atom stereocenters. The van der Waals surface area contributed by atoms with Crippen LogP contribution in [0.4, 0.5) is 0 Å². The van der Waals surface area contributed by atoms with Crippen molar-refractivity contribution in [1.29, 1.82) is 0 Å². The Morgan fingerprint density at radius 3 is 2.93 bits per heavy atom. The van der Waals surface area contributed by atoms with Gasteiger partial charge < -0.3 is 10.1 Å². The highest BCUT2D eigenvalue weighted by Crippen LogP contribution is 2.31. The first-order valence-corrected chi connectivity index (χ1v) is 6.87. The SMILES string of the molecule is CCOCC(C)NCc1cc(Br)c(Cl)s1. The molecule has 1 heterocycles. The molecule has 1 unspecified atom stereocenters. The van der Waals surface area contributed by atoms with Gasteiger partial charge in [0.25, 0.3) is 0 Å². The molecule has 1 aromatic rings. The standard InChI is InChI=1S/C10H15BrClNOS/c1-3-14-6-7(2)13-5-8-4-9(11)10(12)15-8/h4,7,13H,3,5-6H2,1-2H3. The van der Waals surface area contributed by atoms with Crippen LogP contribution in [0.1, 0.15) is 18.7 Å². The van der Waals surface area contributed by atoms with Gasteiger partial charge in [0.05, 0.1) is 6.61 Å². The van der Waals surface area contributed by atoms with Gasteiger partial charge in [0.1, 0.15) is 4.34 Å². The maximum absolute atomic E-state index is 5.95. The Bertz CT molecular complexity index is 286. The Morgan fingerprint density at radius 1 is 1.67 bits per heavy atom. The molecular weight excluding hydrogens is 298 g/mol. The molecule has 0 aliphatic heterocycles. The number of halogens is 2. The van der Waals surface area contributed by atoms with E-state index in [1.807, 2.05) is 13.0 Å². The van der Waals surface area contributed by atoms with Crippen molar-refractivity contribution in [3.63, 3.8) is 0 Å². The molecule has 86 valence electrons. The summed E-state index contributed by atoms with van der Waals surface area (Å²) in [6, 6.07) is 2.41. The quantitative estimate of drug-likeness (QED) is 0.865. The first kappa shape index (κ1) is 13.5. The number of thiophene rings is 1. The predicted octanol–water partition coefficient (Wildman–Crippen LogP) is 3.68. The van der Waals surface area contributed by atoms with E-state index >= 15 is 0 Å². The van der Waals surface area contributed by atoms with E-state index < -0.39 is 0 Å². The lowest BCUT2D eigenvalue weighted by Crippen LogP contribution is -2.29. The molecule has 0 aromatic carbocycles. The molecule has 5 heteroatoms. The van der Waals surface area contributed by atoms with Gasteiger partial charge in [0.2, 0.25) is 0 Å². The largest absolute Gasteiger partial charge is 0.380 e. The van der Waals surface area contributed by atoms with Crippen molar-refractivity contribution in [2.24, 2.45) is 0 Å². The lowest BCUT2D eigenvalue weighted by Gasteiger charge is -2.12. The number of hydrogen-bond acceptors (Lipinski definition) is 3. The van der Waals surface area contributed by atoms with Gasteiger partial charge in [0.15, 0.2) is 0 Å². The van der Waals surface area contributed by atoms with Gasteiger partial charge >= 0.3 is 0 Å². The molecular formula is C10H15BrClNOS. The van der Waals surface area contributed by atoms with E-state index in [-0.39, 0.29) is 0 Å². The van der Waals surface area contributed by atoms with Crippen LogP contribution in [0, 0.1) is 0 Å². The van der Waals surface area contributed by atoms with E-state index in [0.717, 1.165) is 28.6 Å². The van der Waals surface area contributed by atoms with Crippen LogP contribution in [0.15, 0.2) is 10.5 Å². The third-order valence-corrected chi connectivity index (χ3v) is 4.37.